The summed E-state index contributed by atoms with van der Waals surface area (Å²) < 4.78 is 5.36. The molecule has 1 aliphatic heterocycles. The van der Waals surface area contributed by atoms with E-state index in [1.54, 1.807) is 11.3 Å². The molecule has 0 spiro atoms. The van der Waals surface area contributed by atoms with Crippen molar-refractivity contribution in [2.24, 2.45) is 0 Å². The second-order valence-electron chi connectivity index (χ2n) is 3.96. The largest absolute Gasteiger partial charge is 0.381 e. The van der Waals surface area contributed by atoms with Crippen LogP contribution in [-0.4, -0.2) is 28.4 Å². The minimum Gasteiger partial charge on any atom is -0.381 e. The SMILES string of the molecule is Nc1nc(SC2CCOCC2)c2ccsc2n1. The highest BCUT2D eigenvalue weighted by molar-refractivity contribution is 8.00. The van der Waals surface area contributed by atoms with Crippen molar-refractivity contribution in [1.82, 2.24) is 9.97 Å². The Labute approximate surface area is 108 Å². The molecular weight excluding hydrogens is 254 g/mol. The predicted octanol–water partition coefficient (Wildman–Crippen LogP) is 2.54. The number of nitrogens with zero attached hydrogens (tertiary/aromatic N) is 2. The molecule has 0 saturated carbocycles. The first-order valence-corrected chi connectivity index (χ1v) is 7.34. The molecule has 1 aliphatic rings. The molecule has 3 rings (SSSR count). The summed E-state index contributed by atoms with van der Waals surface area (Å²) >= 11 is 3.42. The Morgan fingerprint density at radius 2 is 2.18 bits per heavy atom. The Balaban J connectivity index is 1.90. The first-order valence-electron chi connectivity index (χ1n) is 5.58. The van der Waals surface area contributed by atoms with Crippen molar-refractivity contribution in [3.63, 3.8) is 0 Å². The highest BCUT2D eigenvalue weighted by Crippen LogP contribution is 2.34. The van der Waals surface area contributed by atoms with Crippen LogP contribution < -0.4 is 5.73 Å². The predicted molar refractivity (Wildman–Crippen MR) is 71.5 cm³/mol. The van der Waals surface area contributed by atoms with E-state index in [9.17, 15) is 0 Å². The van der Waals surface area contributed by atoms with Gasteiger partial charge >= 0.3 is 0 Å². The van der Waals surface area contributed by atoms with Crippen LogP contribution in [0.15, 0.2) is 16.5 Å². The zero-order valence-electron chi connectivity index (χ0n) is 9.26. The third kappa shape index (κ3) is 2.38. The summed E-state index contributed by atoms with van der Waals surface area (Å²) in [5, 5.41) is 4.76. The number of rotatable bonds is 2. The van der Waals surface area contributed by atoms with Crippen LogP contribution >= 0.6 is 23.1 Å². The molecule has 90 valence electrons. The number of ether oxygens (including phenoxy) is 1. The van der Waals surface area contributed by atoms with Gasteiger partial charge in [-0.2, -0.15) is 0 Å². The highest BCUT2D eigenvalue weighted by Gasteiger charge is 2.18. The van der Waals surface area contributed by atoms with E-state index < -0.39 is 0 Å². The zero-order chi connectivity index (χ0) is 11.7. The van der Waals surface area contributed by atoms with Gasteiger partial charge in [0.1, 0.15) is 9.86 Å². The van der Waals surface area contributed by atoms with Gasteiger partial charge in [-0.15, -0.1) is 23.1 Å². The molecule has 0 atom stereocenters. The number of hydrogen-bond donors (Lipinski definition) is 1. The third-order valence-electron chi connectivity index (χ3n) is 2.75. The van der Waals surface area contributed by atoms with Gasteiger partial charge in [0.25, 0.3) is 0 Å². The normalized spacial score (nSPS) is 17.6. The third-order valence-corrected chi connectivity index (χ3v) is 4.90. The average molecular weight is 267 g/mol. The van der Waals surface area contributed by atoms with Gasteiger partial charge in [-0.05, 0) is 24.3 Å². The number of thioether (sulfide) groups is 1. The number of aromatic nitrogens is 2. The smallest absolute Gasteiger partial charge is 0.222 e. The minimum absolute atomic E-state index is 0.370. The molecule has 2 aromatic heterocycles. The van der Waals surface area contributed by atoms with Gasteiger partial charge in [0.15, 0.2) is 0 Å². The van der Waals surface area contributed by atoms with Gasteiger partial charge in [-0.25, -0.2) is 9.97 Å². The molecule has 0 amide bonds. The second kappa shape index (κ2) is 4.80. The number of nitrogens with two attached hydrogens (primary N) is 1. The first kappa shape index (κ1) is 11.3. The van der Waals surface area contributed by atoms with Crippen LogP contribution in [0.1, 0.15) is 12.8 Å². The summed E-state index contributed by atoms with van der Waals surface area (Å²) in [6.07, 6.45) is 2.17. The van der Waals surface area contributed by atoms with E-state index in [1.807, 2.05) is 17.1 Å². The fraction of sp³-hybridized carbons (Fsp3) is 0.455. The molecule has 1 saturated heterocycles. The van der Waals surface area contributed by atoms with E-state index in [0.717, 1.165) is 41.3 Å². The lowest BCUT2D eigenvalue weighted by molar-refractivity contribution is 0.1000. The molecule has 2 aromatic rings. The molecule has 0 radical (unpaired) electrons. The Bertz CT molecular complexity index is 522. The molecule has 2 N–H and O–H groups in total. The van der Waals surface area contributed by atoms with Gasteiger partial charge in [0, 0.05) is 23.8 Å². The van der Waals surface area contributed by atoms with Crippen LogP contribution in [0.25, 0.3) is 10.2 Å². The van der Waals surface area contributed by atoms with Crippen molar-refractivity contribution in [2.45, 2.75) is 23.1 Å². The lowest BCUT2D eigenvalue weighted by Crippen LogP contribution is -2.17. The maximum absolute atomic E-state index is 5.74. The van der Waals surface area contributed by atoms with E-state index in [2.05, 4.69) is 16.0 Å². The summed E-state index contributed by atoms with van der Waals surface area (Å²) in [5.74, 6) is 0.370. The maximum atomic E-state index is 5.74. The van der Waals surface area contributed by atoms with E-state index in [-0.39, 0.29) is 0 Å². The Morgan fingerprint density at radius 3 is 3.00 bits per heavy atom. The molecule has 1 fully saturated rings. The fourth-order valence-corrected chi connectivity index (χ4v) is 3.90. The molecule has 4 nitrogen and oxygen atoms in total. The fourth-order valence-electron chi connectivity index (χ4n) is 1.89. The Kier molecular flexibility index (Phi) is 3.17. The lowest BCUT2D eigenvalue weighted by Gasteiger charge is -2.21. The maximum Gasteiger partial charge on any atom is 0.222 e. The van der Waals surface area contributed by atoms with Crippen molar-refractivity contribution in [3.05, 3.63) is 11.4 Å². The van der Waals surface area contributed by atoms with Gasteiger partial charge in [-0.1, -0.05) is 0 Å². The summed E-state index contributed by atoms with van der Waals surface area (Å²) in [7, 11) is 0. The number of hydrogen-bond acceptors (Lipinski definition) is 6. The van der Waals surface area contributed by atoms with Crippen molar-refractivity contribution >= 4 is 39.3 Å². The average Bonchev–Trinajstić information content (AvgIpc) is 2.78. The van der Waals surface area contributed by atoms with Crippen LogP contribution in [-0.2, 0) is 4.74 Å². The van der Waals surface area contributed by atoms with Gasteiger partial charge in [-0.3, -0.25) is 0 Å². The summed E-state index contributed by atoms with van der Waals surface area (Å²) in [6, 6.07) is 2.07. The summed E-state index contributed by atoms with van der Waals surface area (Å²) in [4.78, 5) is 9.58. The molecule has 0 unspecified atom stereocenters. The molecule has 3 heterocycles. The molecule has 17 heavy (non-hydrogen) atoms. The lowest BCUT2D eigenvalue weighted by atomic mass is 10.2. The van der Waals surface area contributed by atoms with Crippen molar-refractivity contribution in [1.29, 1.82) is 0 Å². The van der Waals surface area contributed by atoms with Crippen LogP contribution in [0, 0.1) is 0 Å². The Hall–Kier alpha value is -0.850. The molecule has 0 bridgehead atoms. The van der Waals surface area contributed by atoms with Crippen LogP contribution in [0.3, 0.4) is 0 Å². The monoisotopic (exact) mass is 267 g/mol. The zero-order valence-corrected chi connectivity index (χ0v) is 10.9. The second-order valence-corrected chi connectivity index (χ2v) is 6.14. The number of thiophene rings is 1. The van der Waals surface area contributed by atoms with Gasteiger partial charge < -0.3 is 10.5 Å². The molecule has 6 heteroatoms. The number of nitrogen functional groups attached to an aromatic ring is 1. The van der Waals surface area contributed by atoms with E-state index >= 15 is 0 Å². The van der Waals surface area contributed by atoms with Crippen LogP contribution in [0.2, 0.25) is 0 Å². The van der Waals surface area contributed by atoms with Crippen LogP contribution in [0.4, 0.5) is 5.95 Å². The first-order chi connectivity index (χ1) is 8.33. The quantitative estimate of drug-likeness (QED) is 0.847. The molecule has 0 aliphatic carbocycles. The van der Waals surface area contributed by atoms with E-state index in [0.29, 0.717) is 11.2 Å². The van der Waals surface area contributed by atoms with Crippen molar-refractivity contribution in [2.75, 3.05) is 18.9 Å². The number of fused-ring (bicyclic) bond motifs is 1. The molecular formula is C11H13N3OS2. The van der Waals surface area contributed by atoms with Crippen molar-refractivity contribution < 1.29 is 4.74 Å². The Morgan fingerprint density at radius 1 is 1.35 bits per heavy atom. The topological polar surface area (TPSA) is 61.0 Å². The van der Waals surface area contributed by atoms with Gasteiger partial charge in [0.05, 0.1) is 0 Å². The van der Waals surface area contributed by atoms with E-state index in [4.69, 9.17) is 10.5 Å². The standard InChI is InChI=1S/C11H13N3OS2/c12-11-13-9-8(3-6-16-9)10(14-11)17-7-1-4-15-5-2-7/h3,6-7H,1-2,4-5H2,(H2,12,13,14). The summed E-state index contributed by atoms with van der Waals surface area (Å²) in [6.45, 7) is 1.70. The summed E-state index contributed by atoms with van der Waals surface area (Å²) in [5.41, 5.74) is 5.74. The van der Waals surface area contributed by atoms with Crippen LogP contribution in [0.5, 0.6) is 0 Å². The number of anilines is 1. The minimum atomic E-state index is 0.370. The van der Waals surface area contributed by atoms with Crippen molar-refractivity contribution in [3.8, 4) is 0 Å². The highest BCUT2D eigenvalue weighted by atomic mass is 32.2. The van der Waals surface area contributed by atoms with E-state index in [1.165, 1.54) is 0 Å². The van der Waals surface area contributed by atoms with Gasteiger partial charge in [0.2, 0.25) is 5.95 Å². The molecule has 0 aromatic carbocycles.